The van der Waals surface area contributed by atoms with Crippen LogP contribution >= 0.6 is 22.7 Å². The molecular weight excluding hydrogens is 669 g/mol. The molecule has 252 valence electrons. The molecule has 0 fully saturated rings. The van der Waals surface area contributed by atoms with Gasteiger partial charge < -0.3 is 15.2 Å². The highest BCUT2D eigenvalue weighted by atomic mass is 32.2. The van der Waals surface area contributed by atoms with Gasteiger partial charge in [0.1, 0.15) is 27.0 Å². The number of aromatic nitrogens is 2. The van der Waals surface area contributed by atoms with E-state index >= 15 is 0 Å². The van der Waals surface area contributed by atoms with Crippen molar-refractivity contribution in [2.24, 2.45) is 0 Å². The molecule has 0 saturated heterocycles. The Balaban J connectivity index is 0.000000237. The number of rotatable bonds is 7. The lowest BCUT2D eigenvalue weighted by Crippen LogP contribution is -2.24. The van der Waals surface area contributed by atoms with E-state index in [9.17, 15) is 18.0 Å². The smallest absolute Gasteiger partial charge is 0.352 e. The summed E-state index contributed by atoms with van der Waals surface area (Å²) in [6, 6.07) is 25.5. The lowest BCUT2D eigenvalue weighted by atomic mass is 10.2. The van der Waals surface area contributed by atoms with Crippen LogP contribution in [0.1, 0.15) is 66.4 Å². The predicted molar refractivity (Wildman–Crippen MR) is 192 cm³/mol. The maximum absolute atomic E-state index is 12.9. The molecule has 5 aromatic rings. The molecule has 0 amide bonds. The Morgan fingerprint density at radius 3 is 1.62 bits per heavy atom. The van der Waals surface area contributed by atoms with Crippen molar-refractivity contribution in [2.45, 2.75) is 64.6 Å². The van der Waals surface area contributed by atoms with Gasteiger partial charge in [-0.25, -0.2) is 28.0 Å². The standard InChI is InChI=1S/C21H22N2O4S2.C14H16N2O2S/c1-14-10-8-9-13-16(14)29(25,26)23-18-17(20(24)27-21(2,3)4)28-19(22-18)15-11-6-5-7-12-15;1-14(2,3)18-13(17)10-11(15)16-12(19-10)9-7-5-4-6-8-9/h5-13,23H,1-4H3;4-8H,15H2,1-3H3. The Hall–Kier alpha value is -4.59. The fraction of sp³-hybridized carbons (Fsp3) is 0.257. The van der Waals surface area contributed by atoms with Crippen LogP contribution in [0.5, 0.6) is 0 Å². The Bertz CT molecular complexity index is 1990. The molecule has 0 spiro atoms. The van der Waals surface area contributed by atoms with E-state index in [0.717, 1.165) is 27.5 Å². The first-order valence-electron chi connectivity index (χ1n) is 14.9. The molecular formula is C35H38N4O6S3. The van der Waals surface area contributed by atoms with Crippen molar-refractivity contribution in [3.8, 4) is 21.1 Å². The molecule has 0 aliphatic heterocycles. The number of ether oxygens (including phenoxy) is 2. The summed E-state index contributed by atoms with van der Waals surface area (Å²) in [4.78, 5) is 33.9. The fourth-order valence-electron chi connectivity index (χ4n) is 4.10. The lowest BCUT2D eigenvalue weighted by Gasteiger charge is -2.19. The first-order valence-corrected chi connectivity index (χ1v) is 18.0. The van der Waals surface area contributed by atoms with Crippen molar-refractivity contribution in [1.29, 1.82) is 0 Å². The van der Waals surface area contributed by atoms with E-state index in [2.05, 4.69) is 14.7 Å². The molecule has 0 radical (unpaired) electrons. The molecule has 10 nitrogen and oxygen atoms in total. The molecule has 0 atom stereocenters. The number of carbonyl (C=O) groups excluding carboxylic acids is 2. The molecule has 3 aromatic carbocycles. The minimum absolute atomic E-state index is 0.0358. The minimum Gasteiger partial charge on any atom is -0.456 e. The summed E-state index contributed by atoms with van der Waals surface area (Å²) >= 11 is 2.34. The summed E-state index contributed by atoms with van der Waals surface area (Å²) in [5, 5.41) is 1.24. The third-order valence-electron chi connectivity index (χ3n) is 6.10. The van der Waals surface area contributed by atoms with Gasteiger partial charge in [-0.3, -0.25) is 4.72 Å². The van der Waals surface area contributed by atoms with E-state index in [1.165, 1.54) is 17.4 Å². The van der Waals surface area contributed by atoms with E-state index in [1.54, 1.807) is 45.9 Å². The summed E-state index contributed by atoms with van der Waals surface area (Å²) in [7, 11) is -3.93. The molecule has 13 heteroatoms. The molecule has 0 saturated carbocycles. The van der Waals surface area contributed by atoms with Crippen LogP contribution in [0.15, 0.2) is 89.8 Å². The lowest BCUT2D eigenvalue weighted by molar-refractivity contribution is 0.00633. The number of nitrogen functional groups attached to an aromatic ring is 1. The van der Waals surface area contributed by atoms with Crippen LogP contribution in [0.25, 0.3) is 21.1 Å². The zero-order chi connectivity index (χ0) is 35.3. The van der Waals surface area contributed by atoms with Crippen LogP contribution < -0.4 is 10.5 Å². The van der Waals surface area contributed by atoms with Crippen LogP contribution in [-0.2, 0) is 19.5 Å². The number of sulfonamides is 1. The molecule has 3 N–H and O–H groups in total. The Morgan fingerprint density at radius 1 is 0.688 bits per heavy atom. The average Bonchev–Trinajstić information content (AvgIpc) is 3.60. The molecule has 2 aromatic heterocycles. The third-order valence-corrected chi connectivity index (χ3v) is 9.79. The van der Waals surface area contributed by atoms with Crippen LogP contribution in [0.2, 0.25) is 0 Å². The molecule has 0 aliphatic carbocycles. The second kappa shape index (κ2) is 14.7. The van der Waals surface area contributed by atoms with Gasteiger partial charge in [-0.1, -0.05) is 78.9 Å². The van der Waals surface area contributed by atoms with E-state index in [1.807, 2.05) is 81.4 Å². The third kappa shape index (κ3) is 9.72. The average molecular weight is 707 g/mol. The van der Waals surface area contributed by atoms with Crippen molar-refractivity contribution in [2.75, 3.05) is 10.5 Å². The van der Waals surface area contributed by atoms with Gasteiger partial charge in [0, 0.05) is 11.1 Å². The highest BCUT2D eigenvalue weighted by molar-refractivity contribution is 7.92. The number of hydrogen-bond acceptors (Lipinski definition) is 11. The minimum atomic E-state index is -3.93. The number of esters is 2. The van der Waals surface area contributed by atoms with E-state index in [-0.39, 0.29) is 21.4 Å². The fourth-order valence-corrected chi connectivity index (χ4v) is 7.20. The number of nitrogens with two attached hydrogens (primary N) is 1. The van der Waals surface area contributed by atoms with Crippen LogP contribution in [0, 0.1) is 6.92 Å². The van der Waals surface area contributed by atoms with Gasteiger partial charge in [-0.05, 0) is 60.1 Å². The van der Waals surface area contributed by atoms with Crippen molar-refractivity contribution in [1.82, 2.24) is 9.97 Å². The predicted octanol–water partition coefficient (Wildman–Crippen LogP) is 8.22. The number of hydrogen-bond donors (Lipinski definition) is 2. The highest BCUT2D eigenvalue weighted by Gasteiger charge is 2.28. The summed E-state index contributed by atoms with van der Waals surface area (Å²) in [5.41, 5.74) is 6.85. The number of thiazole rings is 2. The van der Waals surface area contributed by atoms with E-state index in [0.29, 0.717) is 15.4 Å². The number of carbonyl (C=O) groups is 2. The van der Waals surface area contributed by atoms with Gasteiger partial charge in [-0.15, -0.1) is 22.7 Å². The molecule has 0 bridgehead atoms. The van der Waals surface area contributed by atoms with Gasteiger partial charge in [0.2, 0.25) is 0 Å². The summed E-state index contributed by atoms with van der Waals surface area (Å²) < 4.78 is 39.1. The van der Waals surface area contributed by atoms with Gasteiger partial charge in [0.15, 0.2) is 15.6 Å². The molecule has 0 unspecified atom stereocenters. The Morgan fingerprint density at radius 2 is 1.12 bits per heavy atom. The van der Waals surface area contributed by atoms with E-state index in [4.69, 9.17) is 15.2 Å². The molecule has 2 heterocycles. The molecule has 48 heavy (non-hydrogen) atoms. The van der Waals surface area contributed by atoms with Crippen molar-refractivity contribution < 1.29 is 27.5 Å². The van der Waals surface area contributed by atoms with Gasteiger partial charge >= 0.3 is 11.9 Å². The first-order chi connectivity index (χ1) is 22.4. The van der Waals surface area contributed by atoms with Crippen molar-refractivity contribution >= 4 is 56.3 Å². The zero-order valence-electron chi connectivity index (χ0n) is 27.7. The number of benzene rings is 3. The Labute approximate surface area is 289 Å². The number of nitrogens with zero attached hydrogens (tertiary/aromatic N) is 2. The van der Waals surface area contributed by atoms with Crippen LogP contribution in [0.4, 0.5) is 11.6 Å². The SMILES string of the molecule is CC(C)(C)OC(=O)c1sc(-c2ccccc2)nc1N.Cc1ccccc1S(=O)(=O)Nc1nc(-c2ccccc2)sc1C(=O)OC(C)(C)C. The maximum atomic E-state index is 12.9. The summed E-state index contributed by atoms with van der Waals surface area (Å²) in [5.74, 6) is -0.867. The van der Waals surface area contributed by atoms with Gasteiger partial charge in [0.05, 0.1) is 4.90 Å². The summed E-state index contributed by atoms with van der Waals surface area (Å²) in [6.45, 7) is 12.4. The molecule has 5 rings (SSSR count). The van der Waals surface area contributed by atoms with Crippen molar-refractivity contribution in [3.05, 3.63) is 100 Å². The highest BCUT2D eigenvalue weighted by Crippen LogP contribution is 2.34. The second-order valence-corrected chi connectivity index (χ2v) is 16.2. The summed E-state index contributed by atoms with van der Waals surface area (Å²) in [6.07, 6.45) is 0. The van der Waals surface area contributed by atoms with Crippen molar-refractivity contribution in [3.63, 3.8) is 0 Å². The molecule has 0 aliphatic rings. The first kappa shape index (κ1) is 36.2. The van der Waals surface area contributed by atoms with Gasteiger partial charge in [0.25, 0.3) is 10.0 Å². The number of anilines is 2. The van der Waals surface area contributed by atoms with Crippen LogP contribution in [0.3, 0.4) is 0 Å². The number of aryl methyl sites for hydroxylation is 1. The Kier molecular flexibility index (Phi) is 11.1. The quantitative estimate of drug-likeness (QED) is 0.160. The van der Waals surface area contributed by atoms with Gasteiger partial charge in [-0.2, -0.15) is 0 Å². The monoisotopic (exact) mass is 706 g/mol. The number of nitrogens with one attached hydrogen (secondary N) is 1. The second-order valence-electron chi connectivity index (χ2n) is 12.5. The largest absolute Gasteiger partial charge is 0.456 e. The zero-order valence-corrected chi connectivity index (χ0v) is 30.2. The topological polar surface area (TPSA) is 151 Å². The van der Waals surface area contributed by atoms with Crippen LogP contribution in [-0.4, -0.2) is 41.5 Å². The normalized spacial score (nSPS) is 11.6. The van der Waals surface area contributed by atoms with E-state index < -0.39 is 33.2 Å². The maximum Gasteiger partial charge on any atom is 0.352 e.